The van der Waals surface area contributed by atoms with E-state index in [1.807, 2.05) is 18.2 Å². The van der Waals surface area contributed by atoms with Crippen LogP contribution in [0.5, 0.6) is 11.5 Å². The minimum atomic E-state index is -0.289. The number of piperidine rings is 1. The fourth-order valence-electron chi connectivity index (χ4n) is 3.11. The molecule has 0 radical (unpaired) electrons. The number of likely N-dealkylation sites (tertiary alicyclic amines) is 1. The number of benzene rings is 1. The fourth-order valence-corrected chi connectivity index (χ4v) is 3.11. The van der Waals surface area contributed by atoms with Gasteiger partial charge in [-0.1, -0.05) is 0 Å². The van der Waals surface area contributed by atoms with Crippen LogP contribution in [0.25, 0.3) is 11.5 Å². The Hall–Kier alpha value is -2.77. The fraction of sp³-hybridized carbons (Fsp3) is 0.471. The van der Waals surface area contributed by atoms with Crippen LogP contribution in [0.1, 0.15) is 31.6 Å². The largest absolute Gasteiger partial charge is 0.454 e. The number of hydrogen-bond donors (Lipinski definition) is 0. The Bertz CT molecular complexity index is 775. The zero-order valence-electron chi connectivity index (χ0n) is 13.9. The Balaban J connectivity index is 1.50. The summed E-state index contributed by atoms with van der Waals surface area (Å²) in [5.74, 6) is 2.38. The maximum absolute atomic E-state index is 11.9. The molecule has 2 aliphatic heterocycles. The molecular formula is C17H19N3O5. The van der Waals surface area contributed by atoms with E-state index in [1.54, 1.807) is 11.8 Å². The Labute approximate surface area is 144 Å². The second kappa shape index (κ2) is 6.62. The highest BCUT2D eigenvalue weighted by molar-refractivity contribution is 5.67. The molecule has 1 fully saturated rings. The lowest BCUT2D eigenvalue weighted by Gasteiger charge is -2.30. The number of carbonyl (C=O) groups excluding carboxylic acids is 1. The SMILES string of the molecule is CCOC(=O)N1CCCC(c2nnc(-c3ccc4c(c3)OCO4)o2)C1. The Morgan fingerprint density at radius 3 is 3.08 bits per heavy atom. The molecule has 1 unspecified atom stereocenters. The molecule has 132 valence electrons. The summed E-state index contributed by atoms with van der Waals surface area (Å²) in [6.07, 6.45) is 1.49. The number of amides is 1. The molecular weight excluding hydrogens is 326 g/mol. The van der Waals surface area contributed by atoms with Crippen molar-refractivity contribution in [3.8, 4) is 23.0 Å². The van der Waals surface area contributed by atoms with Crippen molar-refractivity contribution < 1.29 is 23.4 Å². The summed E-state index contributed by atoms with van der Waals surface area (Å²) in [5.41, 5.74) is 0.779. The Morgan fingerprint density at radius 1 is 1.32 bits per heavy atom. The third-order valence-corrected chi connectivity index (χ3v) is 4.36. The molecule has 1 amide bonds. The quantitative estimate of drug-likeness (QED) is 0.845. The van der Waals surface area contributed by atoms with Crippen molar-refractivity contribution in [3.63, 3.8) is 0 Å². The van der Waals surface area contributed by atoms with E-state index in [-0.39, 0.29) is 18.8 Å². The molecule has 3 heterocycles. The molecule has 0 bridgehead atoms. The van der Waals surface area contributed by atoms with Gasteiger partial charge in [-0.05, 0) is 38.0 Å². The monoisotopic (exact) mass is 345 g/mol. The number of ether oxygens (including phenoxy) is 3. The van der Waals surface area contributed by atoms with Crippen LogP contribution in [0.3, 0.4) is 0 Å². The van der Waals surface area contributed by atoms with Gasteiger partial charge in [0.2, 0.25) is 18.6 Å². The summed E-state index contributed by atoms with van der Waals surface area (Å²) < 4.78 is 21.6. The van der Waals surface area contributed by atoms with Crippen molar-refractivity contribution in [3.05, 3.63) is 24.1 Å². The van der Waals surface area contributed by atoms with Crippen LogP contribution in [0.2, 0.25) is 0 Å². The van der Waals surface area contributed by atoms with Gasteiger partial charge in [-0.3, -0.25) is 0 Å². The van der Waals surface area contributed by atoms with Gasteiger partial charge in [-0.15, -0.1) is 10.2 Å². The van der Waals surface area contributed by atoms with Crippen LogP contribution in [-0.4, -0.2) is 47.7 Å². The summed E-state index contributed by atoms with van der Waals surface area (Å²) in [6, 6.07) is 5.51. The number of nitrogens with zero attached hydrogens (tertiary/aromatic N) is 3. The normalized spacial score (nSPS) is 19.1. The molecule has 1 atom stereocenters. The second-order valence-corrected chi connectivity index (χ2v) is 6.00. The highest BCUT2D eigenvalue weighted by atomic mass is 16.7. The Kier molecular flexibility index (Phi) is 4.17. The van der Waals surface area contributed by atoms with Crippen LogP contribution in [0.15, 0.2) is 22.6 Å². The van der Waals surface area contributed by atoms with Crippen LogP contribution in [-0.2, 0) is 4.74 Å². The van der Waals surface area contributed by atoms with E-state index in [0.29, 0.717) is 43.0 Å². The van der Waals surface area contributed by atoms with Gasteiger partial charge in [0.05, 0.1) is 12.5 Å². The molecule has 2 aliphatic rings. The van der Waals surface area contributed by atoms with Crippen LogP contribution in [0.4, 0.5) is 4.79 Å². The first-order valence-electron chi connectivity index (χ1n) is 8.39. The van der Waals surface area contributed by atoms with Gasteiger partial charge in [-0.25, -0.2) is 4.79 Å². The van der Waals surface area contributed by atoms with Gasteiger partial charge in [0.1, 0.15) is 0 Å². The molecule has 0 N–H and O–H groups in total. The van der Waals surface area contributed by atoms with E-state index in [4.69, 9.17) is 18.6 Å². The summed E-state index contributed by atoms with van der Waals surface area (Å²) in [4.78, 5) is 13.6. The molecule has 2 aromatic rings. The average molecular weight is 345 g/mol. The van der Waals surface area contributed by atoms with Crippen molar-refractivity contribution in [2.45, 2.75) is 25.7 Å². The molecule has 0 spiro atoms. The highest BCUT2D eigenvalue weighted by Gasteiger charge is 2.29. The first-order valence-corrected chi connectivity index (χ1v) is 8.39. The summed E-state index contributed by atoms with van der Waals surface area (Å²) in [5, 5.41) is 8.33. The number of aromatic nitrogens is 2. The van der Waals surface area contributed by atoms with Gasteiger partial charge < -0.3 is 23.5 Å². The minimum absolute atomic E-state index is 0.0217. The average Bonchev–Trinajstić information content (AvgIpc) is 3.31. The van der Waals surface area contributed by atoms with Crippen LogP contribution >= 0.6 is 0 Å². The van der Waals surface area contributed by atoms with Crippen molar-refractivity contribution in [2.24, 2.45) is 0 Å². The summed E-state index contributed by atoms with van der Waals surface area (Å²) in [6.45, 7) is 3.61. The first kappa shape index (κ1) is 15.7. The third kappa shape index (κ3) is 3.11. The molecule has 8 nitrogen and oxygen atoms in total. The van der Waals surface area contributed by atoms with Gasteiger partial charge in [0.25, 0.3) is 0 Å². The zero-order valence-corrected chi connectivity index (χ0v) is 13.9. The number of rotatable bonds is 3. The van der Waals surface area contributed by atoms with Crippen LogP contribution < -0.4 is 9.47 Å². The Morgan fingerprint density at radius 2 is 2.20 bits per heavy atom. The van der Waals surface area contributed by atoms with Gasteiger partial charge >= 0.3 is 6.09 Å². The number of carbonyl (C=O) groups is 1. The molecule has 1 saturated heterocycles. The smallest absolute Gasteiger partial charge is 0.409 e. The molecule has 0 saturated carbocycles. The number of fused-ring (bicyclic) bond motifs is 1. The number of hydrogen-bond acceptors (Lipinski definition) is 7. The van der Waals surface area contributed by atoms with Crippen molar-refractivity contribution in [2.75, 3.05) is 26.5 Å². The van der Waals surface area contributed by atoms with Crippen molar-refractivity contribution in [1.29, 1.82) is 0 Å². The summed E-state index contributed by atoms with van der Waals surface area (Å²) >= 11 is 0. The van der Waals surface area contributed by atoms with E-state index in [1.165, 1.54) is 0 Å². The van der Waals surface area contributed by atoms with E-state index in [9.17, 15) is 4.79 Å². The molecule has 1 aromatic heterocycles. The van der Waals surface area contributed by atoms with Crippen molar-refractivity contribution in [1.82, 2.24) is 15.1 Å². The van der Waals surface area contributed by atoms with E-state index in [2.05, 4.69) is 10.2 Å². The molecule has 25 heavy (non-hydrogen) atoms. The lowest BCUT2D eigenvalue weighted by Crippen LogP contribution is -2.39. The van der Waals surface area contributed by atoms with E-state index < -0.39 is 0 Å². The lowest BCUT2D eigenvalue weighted by molar-refractivity contribution is 0.0937. The molecule has 1 aromatic carbocycles. The standard InChI is InChI=1S/C17H19N3O5/c1-2-22-17(21)20-7-3-4-12(9-20)16-19-18-15(25-16)11-5-6-13-14(8-11)24-10-23-13/h5-6,8,12H,2-4,7,9-10H2,1H3. The molecule has 0 aliphatic carbocycles. The predicted molar refractivity (Wildman–Crippen MR) is 86.4 cm³/mol. The zero-order chi connectivity index (χ0) is 17.2. The topological polar surface area (TPSA) is 86.9 Å². The van der Waals surface area contributed by atoms with E-state index in [0.717, 1.165) is 18.4 Å². The van der Waals surface area contributed by atoms with E-state index >= 15 is 0 Å². The molecule has 8 heteroatoms. The maximum Gasteiger partial charge on any atom is 0.409 e. The second-order valence-electron chi connectivity index (χ2n) is 6.00. The molecule has 4 rings (SSSR count). The summed E-state index contributed by atoms with van der Waals surface area (Å²) in [7, 11) is 0. The van der Waals surface area contributed by atoms with Gasteiger partial charge in [-0.2, -0.15) is 0 Å². The maximum atomic E-state index is 11.9. The highest BCUT2D eigenvalue weighted by Crippen LogP contribution is 2.36. The lowest BCUT2D eigenvalue weighted by atomic mass is 9.98. The third-order valence-electron chi connectivity index (χ3n) is 4.36. The van der Waals surface area contributed by atoms with Gasteiger partial charge in [0.15, 0.2) is 11.5 Å². The predicted octanol–water partition coefficient (Wildman–Crippen LogP) is 2.80. The first-order chi connectivity index (χ1) is 12.2. The van der Waals surface area contributed by atoms with Crippen molar-refractivity contribution >= 4 is 6.09 Å². The minimum Gasteiger partial charge on any atom is -0.454 e. The van der Waals surface area contributed by atoms with Crippen LogP contribution in [0, 0.1) is 0 Å². The van der Waals surface area contributed by atoms with Gasteiger partial charge in [0, 0.05) is 18.7 Å².